The van der Waals surface area contributed by atoms with E-state index < -0.39 is 0 Å². The Morgan fingerprint density at radius 1 is 0.857 bits per heavy atom. The molecule has 0 saturated carbocycles. The zero-order chi connectivity index (χ0) is 19.1. The molecule has 0 spiro atoms. The van der Waals surface area contributed by atoms with Gasteiger partial charge in [-0.1, -0.05) is 0 Å². The maximum atomic E-state index is 4.69. The lowest BCUT2D eigenvalue weighted by atomic mass is 10.3. The number of rotatable bonds is 3. The molecule has 1 aliphatic heterocycles. The summed E-state index contributed by atoms with van der Waals surface area (Å²) in [6, 6.07) is 7.99. The normalized spacial score (nSPS) is 14.8. The highest BCUT2D eigenvalue weighted by Crippen LogP contribution is 2.20. The van der Waals surface area contributed by atoms with Crippen molar-refractivity contribution in [2.45, 2.75) is 13.8 Å². The monoisotopic (exact) mass is 375 g/mol. The number of nitrogens with zero attached hydrogens (tertiary/aromatic N) is 9. The standard InChI is InChI=1S/C19H21N9/c1-14-11-15(2)28(24-14)19-12-18(20-13-21-19)26-9-7-25(8-10-26)16-4-6-27-17(23-16)3-5-22-27/h3-6,11-13H,7-10H2,1-2H3. The summed E-state index contributed by atoms with van der Waals surface area (Å²) in [5.41, 5.74) is 2.91. The van der Waals surface area contributed by atoms with Gasteiger partial charge in [-0.15, -0.1) is 0 Å². The summed E-state index contributed by atoms with van der Waals surface area (Å²) in [7, 11) is 0. The van der Waals surface area contributed by atoms with Crippen molar-refractivity contribution >= 4 is 17.3 Å². The first-order valence-corrected chi connectivity index (χ1v) is 9.33. The largest absolute Gasteiger partial charge is 0.353 e. The molecule has 142 valence electrons. The van der Waals surface area contributed by atoms with Crippen LogP contribution in [0.1, 0.15) is 11.4 Å². The number of aryl methyl sites for hydroxylation is 2. The van der Waals surface area contributed by atoms with E-state index in [1.807, 2.05) is 49.0 Å². The Hall–Kier alpha value is -3.49. The van der Waals surface area contributed by atoms with Crippen LogP contribution in [0.3, 0.4) is 0 Å². The average molecular weight is 375 g/mol. The van der Waals surface area contributed by atoms with Crippen LogP contribution in [0.2, 0.25) is 0 Å². The number of hydrogen-bond donors (Lipinski definition) is 0. The van der Waals surface area contributed by atoms with Crippen LogP contribution in [0, 0.1) is 13.8 Å². The van der Waals surface area contributed by atoms with Crippen molar-refractivity contribution in [1.29, 1.82) is 0 Å². The SMILES string of the molecule is Cc1cc(C)n(-c2cc(N3CCN(c4ccn5nccc5n4)CC3)ncn2)n1. The molecule has 4 aromatic rings. The number of anilines is 2. The van der Waals surface area contributed by atoms with Gasteiger partial charge in [-0.2, -0.15) is 10.2 Å². The predicted octanol–water partition coefficient (Wildman–Crippen LogP) is 1.65. The predicted molar refractivity (Wildman–Crippen MR) is 106 cm³/mol. The van der Waals surface area contributed by atoms with Crippen molar-refractivity contribution in [2.24, 2.45) is 0 Å². The highest BCUT2D eigenvalue weighted by atomic mass is 15.3. The second-order valence-electron chi connectivity index (χ2n) is 6.97. The molecule has 0 bridgehead atoms. The van der Waals surface area contributed by atoms with Crippen LogP contribution in [0.4, 0.5) is 11.6 Å². The van der Waals surface area contributed by atoms with E-state index in [0.29, 0.717) is 0 Å². The second kappa shape index (κ2) is 6.59. The van der Waals surface area contributed by atoms with E-state index >= 15 is 0 Å². The summed E-state index contributed by atoms with van der Waals surface area (Å²) in [5.74, 6) is 2.71. The molecule has 1 saturated heterocycles. The Bertz CT molecular complexity index is 1120. The molecule has 9 heteroatoms. The number of hydrogen-bond acceptors (Lipinski definition) is 7. The Morgan fingerprint density at radius 3 is 2.36 bits per heavy atom. The first-order valence-electron chi connectivity index (χ1n) is 9.33. The van der Waals surface area contributed by atoms with Gasteiger partial charge in [0.2, 0.25) is 0 Å². The van der Waals surface area contributed by atoms with E-state index in [1.54, 1.807) is 17.0 Å². The highest BCUT2D eigenvalue weighted by Gasteiger charge is 2.20. The molecule has 0 aromatic carbocycles. The van der Waals surface area contributed by atoms with Gasteiger partial charge in [0.15, 0.2) is 11.5 Å². The molecule has 0 N–H and O–H groups in total. The molecule has 28 heavy (non-hydrogen) atoms. The fourth-order valence-corrected chi connectivity index (χ4v) is 3.63. The van der Waals surface area contributed by atoms with Gasteiger partial charge in [0, 0.05) is 50.2 Å². The van der Waals surface area contributed by atoms with Crippen LogP contribution < -0.4 is 9.80 Å². The lowest BCUT2D eigenvalue weighted by Crippen LogP contribution is -2.47. The summed E-state index contributed by atoms with van der Waals surface area (Å²) >= 11 is 0. The van der Waals surface area contributed by atoms with Crippen LogP contribution in [0.25, 0.3) is 11.5 Å². The van der Waals surface area contributed by atoms with Gasteiger partial charge in [0.25, 0.3) is 0 Å². The number of piperazine rings is 1. The van der Waals surface area contributed by atoms with Crippen molar-refractivity contribution in [1.82, 2.24) is 34.3 Å². The van der Waals surface area contributed by atoms with Gasteiger partial charge in [-0.3, -0.25) is 0 Å². The quantitative estimate of drug-likeness (QED) is 0.539. The highest BCUT2D eigenvalue weighted by molar-refractivity contribution is 5.50. The summed E-state index contributed by atoms with van der Waals surface area (Å²) < 4.78 is 3.64. The van der Waals surface area contributed by atoms with Crippen molar-refractivity contribution in [3.8, 4) is 5.82 Å². The maximum Gasteiger partial charge on any atom is 0.159 e. The minimum Gasteiger partial charge on any atom is -0.353 e. The molecule has 0 amide bonds. The van der Waals surface area contributed by atoms with Crippen molar-refractivity contribution in [3.05, 3.63) is 54.4 Å². The molecule has 0 aliphatic carbocycles. The first kappa shape index (κ1) is 16.7. The summed E-state index contributed by atoms with van der Waals surface area (Å²) in [6.45, 7) is 7.54. The third kappa shape index (κ3) is 2.94. The molecule has 9 nitrogen and oxygen atoms in total. The molecule has 0 atom stereocenters. The Labute approximate surface area is 162 Å². The minimum atomic E-state index is 0.797. The van der Waals surface area contributed by atoms with E-state index in [0.717, 1.165) is 60.7 Å². The van der Waals surface area contributed by atoms with Crippen molar-refractivity contribution in [3.63, 3.8) is 0 Å². The molecule has 5 heterocycles. The van der Waals surface area contributed by atoms with Crippen LogP contribution in [-0.2, 0) is 0 Å². The Kier molecular flexibility index (Phi) is 3.92. The molecular formula is C19H21N9. The van der Waals surface area contributed by atoms with Gasteiger partial charge < -0.3 is 9.80 Å². The molecule has 4 aromatic heterocycles. The van der Waals surface area contributed by atoms with E-state index in [4.69, 9.17) is 4.98 Å². The van der Waals surface area contributed by atoms with Gasteiger partial charge in [-0.25, -0.2) is 24.1 Å². The summed E-state index contributed by atoms with van der Waals surface area (Å²) in [4.78, 5) is 18.2. The third-order valence-corrected chi connectivity index (χ3v) is 5.04. The van der Waals surface area contributed by atoms with Crippen LogP contribution in [-0.4, -0.2) is 60.5 Å². The molecule has 1 fully saturated rings. The fourth-order valence-electron chi connectivity index (χ4n) is 3.63. The zero-order valence-corrected chi connectivity index (χ0v) is 15.9. The molecule has 1 aliphatic rings. The smallest absolute Gasteiger partial charge is 0.159 e. The van der Waals surface area contributed by atoms with E-state index in [2.05, 4.69) is 30.0 Å². The Morgan fingerprint density at radius 2 is 1.61 bits per heavy atom. The van der Waals surface area contributed by atoms with Crippen molar-refractivity contribution < 1.29 is 0 Å². The molecular weight excluding hydrogens is 354 g/mol. The number of aromatic nitrogens is 7. The van der Waals surface area contributed by atoms with Crippen LogP contribution in [0.5, 0.6) is 0 Å². The summed E-state index contributed by atoms with van der Waals surface area (Å²) in [6.07, 6.45) is 5.33. The number of fused-ring (bicyclic) bond motifs is 1. The molecule has 5 rings (SSSR count). The topological polar surface area (TPSA) is 80.3 Å². The lowest BCUT2D eigenvalue weighted by molar-refractivity contribution is 0.639. The van der Waals surface area contributed by atoms with Crippen molar-refractivity contribution in [2.75, 3.05) is 36.0 Å². The lowest BCUT2D eigenvalue weighted by Gasteiger charge is -2.36. The Balaban J connectivity index is 1.32. The minimum absolute atomic E-state index is 0.797. The zero-order valence-electron chi connectivity index (χ0n) is 15.9. The first-order chi connectivity index (χ1) is 13.7. The van der Waals surface area contributed by atoms with Crippen LogP contribution >= 0.6 is 0 Å². The third-order valence-electron chi connectivity index (χ3n) is 5.04. The summed E-state index contributed by atoms with van der Waals surface area (Å²) in [5, 5.41) is 8.73. The average Bonchev–Trinajstić information content (AvgIpc) is 3.33. The van der Waals surface area contributed by atoms with Gasteiger partial charge in [0.1, 0.15) is 18.0 Å². The van der Waals surface area contributed by atoms with E-state index in [1.165, 1.54) is 0 Å². The van der Waals surface area contributed by atoms with Crippen LogP contribution in [0.15, 0.2) is 43.0 Å². The maximum absolute atomic E-state index is 4.69. The molecule has 0 unspecified atom stereocenters. The van der Waals surface area contributed by atoms with E-state index in [-0.39, 0.29) is 0 Å². The molecule has 0 radical (unpaired) electrons. The van der Waals surface area contributed by atoms with Gasteiger partial charge >= 0.3 is 0 Å². The second-order valence-corrected chi connectivity index (χ2v) is 6.97. The van der Waals surface area contributed by atoms with Gasteiger partial charge in [-0.05, 0) is 26.0 Å². The van der Waals surface area contributed by atoms with E-state index in [9.17, 15) is 0 Å². The fraction of sp³-hybridized carbons (Fsp3) is 0.316. The van der Waals surface area contributed by atoms with Gasteiger partial charge in [0.05, 0.1) is 11.9 Å².